The summed E-state index contributed by atoms with van der Waals surface area (Å²) in [5.41, 5.74) is 1.89. The van der Waals surface area contributed by atoms with E-state index in [1.807, 2.05) is 61.6 Å². The van der Waals surface area contributed by atoms with Gasteiger partial charge in [0.2, 0.25) is 5.91 Å². The number of carbonyl (C=O) groups is 1. The number of hydrogen-bond donors (Lipinski definition) is 1. The average Bonchev–Trinajstić information content (AvgIpc) is 3.05. The number of aromatic nitrogens is 2. The molecule has 0 fully saturated rings. The lowest BCUT2D eigenvalue weighted by molar-refractivity contribution is -0.115. The van der Waals surface area contributed by atoms with Crippen LogP contribution in [0.25, 0.3) is 10.2 Å². The van der Waals surface area contributed by atoms with Crippen LogP contribution in [0.4, 0.5) is 11.4 Å². The largest absolute Gasteiger partial charge is 0.378 e. The van der Waals surface area contributed by atoms with E-state index in [-0.39, 0.29) is 11.2 Å². The maximum absolute atomic E-state index is 12.4. The number of thioether (sulfide) groups is 1. The highest BCUT2D eigenvalue weighted by Crippen LogP contribution is 2.30. The van der Waals surface area contributed by atoms with Crippen molar-refractivity contribution in [2.45, 2.75) is 17.2 Å². The number of thiophene rings is 1. The van der Waals surface area contributed by atoms with E-state index < -0.39 is 0 Å². The van der Waals surface area contributed by atoms with Gasteiger partial charge in [-0.15, -0.1) is 11.3 Å². The highest BCUT2D eigenvalue weighted by molar-refractivity contribution is 8.00. The standard InChI is InChI=1S/C17H18N4OS2/c1-11(24-17-14-8-9-23-16(14)18-10-19-17)15(22)20-12-4-6-13(7-5-12)21(2)3/h4-11H,1-3H3,(H,20,22)/t11-/m0/s1. The first-order chi connectivity index (χ1) is 11.5. The predicted octanol–water partition coefficient (Wildman–Crippen LogP) is 3.88. The fourth-order valence-corrected chi connectivity index (χ4v) is 3.87. The Morgan fingerprint density at radius 3 is 2.67 bits per heavy atom. The fourth-order valence-electron chi connectivity index (χ4n) is 2.17. The number of hydrogen-bond acceptors (Lipinski definition) is 6. The lowest BCUT2D eigenvalue weighted by atomic mass is 10.2. The molecule has 0 aliphatic heterocycles. The van der Waals surface area contributed by atoms with Gasteiger partial charge in [-0.1, -0.05) is 11.8 Å². The zero-order valence-electron chi connectivity index (χ0n) is 13.7. The van der Waals surface area contributed by atoms with Crippen molar-refractivity contribution >= 4 is 50.6 Å². The minimum Gasteiger partial charge on any atom is -0.378 e. The summed E-state index contributed by atoms with van der Waals surface area (Å²) in [4.78, 5) is 23.9. The third-order valence-electron chi connectivity index (χ3n) is 3.53. The predicted molar refractivity (Wildman–Crippen MR) is 102 cm³/mol. The lowest BCUT2D eigenvalue weighted by Gasteiger charge is -2.14. The number of rotatable bonds is 5. The molecule has 3 rings (SSSR count). The van der Waals surface area contributed by atoms with Crippen molar-refractivity contribution in [1.82, 2.24) is 9.97 Å². The molecule has 7 heteroatoms. The third-order valence-corrected chi connectivity index (χ3v) is 5.47. The molecule has 0 aliphatic carbocycles. The molecule has 2 heterocycles. The summed E-state index contributed by atoms with van der Waals surface area (Å²) in [7, 11) is 3.97. The zero-order chi connectivity index (χ0) is 17.1. The second-order valence-electron chi connectivity index (χ2n) is 5.51. The van der Waals surface area contributed by atoms with Crippen molar-refractivity contribution in [2.24, 2.45) is 0 Å². The number of amides is 1. The molecule has 0 saturated carbocycles. The normalized spacial score (nSPS) is 12.1. The summed E-state index contributed by atoms with van der Waals surface area (Å²) < 4.78 is 0. The van der Waals surface area contributed by atoms with Crippen molar-refractivity contribution in [2.75, 3.05) is 24.3 Å². The van der Waals surface area contributed by atoms with Gasteiger partial charge in [-0.3, -0.25) is 4.79 Å². The van der Waals surface area contributed by atoms with Crippen molar-refractivity contribution in [3.05, 3.63) is 42.0 Å². The molecule has 0 saturated heterocycles. The van der Waals surface area contributed by atoms with Crippen LogP contribution in [-0.2, 0) is 4.79 Å². The summed E-state index contributed by atoms with van der Waals surface area (Å²) in [5, 5.41) is 6.53. The number of nitrogens with zero attached hydrogens (tertiary/aromatic N) is 3. The van der Waals surface area contributed by atoms with Crippen LogP contribution >= 0.6 is 23.1 Å². The second-order valence-corrected chi connectivity index (χ2v) is 7.73. The number of fused-ring (bicyclic) bond motifs is 1. The van der Waals surface area contributed by atoms with Crippen LogP contribution in [-0.4, -0.2) is 35.2 Å². The van der Waals surface area contributed by atoms with Gasteiger partial charge < -0.3 is 10.2 Å². The summed E-state index contributed by atoms with van der Waals surface area (Å²) >= 11 is 3.02. The maximum atomic E-state index is 12.4. The molecule has 1 N–H and O–H groups in total. The topological polar surface area (TPSA) is 58.1 Å². The van der Waals surface area contributed by atoms with Gasteiger partial charge in [0.25, 0.3) is 0 Å². The summed E-state index contributed by atoms with van der Waals surface area (Å²) in [6, 6.07) is 9.77. The van der Waals surface area contributed by atoms with Crippen LogP contribution in [0.2, 0.25) is 0 Å². The van der Waals surface area contributed by atoms with Crippen LogP contribution in [0.1, 0.15) is 6.92 Å². The molecule has 0 aliphatic rings. The first-order valence-electron chi connectivity index (χ1n) is 7.47. The van der Waals surface area contributed by atoms with E-state index in [9.17, 15) is 4.79 Å². The Balaban J connectivity index is 1.67. The monoisotopic (exact) mass is 358 g/mol. The smallest absolute Gasteiger partial charge is 0.237 e. The summed E-state index contributed by atoms with van der Waals surface area (Å²) in [6.07, 6.45) is 1.55. The van der Waals surface area contributed by atoms with Gasteiger partial charge in [0.05, 0.1) is 5.25 Å². The zero-order valence-corrected chi connectivity index (χ0v) is 15.3. The van der Waals surface area contributed by atoms with Crippen LogP contribution in [0, 0.1) is 0 Å². The molecular formula is C17H18N4OS2. The Morgan fingerprint density at radius 2 is 1.96 bits per heavy atom. The summed E-state index contributed by atoms with van der Waals surface area (Å²) in [5.74, 6) is -0.0420. The second kappa shape index (κ2) is 7.19. The van der Waals surface area contributed by atoms with Crippen molar-refractivity contribution in [3.63, 3.8) is 0 Å². The number of carbonyl (C=O) groups excluding carboxylic acids is 1. The third kappa shape index (κ3) is 3.68. The maximum Gasteiger partial charge on any atom is 0.237 e. The number of anilines is 2. The summed E-state index contributed by atoms with van der Waals surface area (Å²) in [6.45, 7) is 1.88. The number of nitrogens with one attached hydrogen (secondary N) is 1. The van der Waals surface area contributed by atoms with Crippen LogP contribution in [0.3, 0.4) is 0 Å². The molecule has 24 heavy (non-hydrogen) atoms. The molecule has 1 atom stereocenters. The molecule has 1 aromatic carbocycles. The molecular weight excluding hydrogens is 340 g/mol. The molecule has 2 aromatic heterocycles. The highest BCUT2D eigenvalue weighted by Gasteiger charge is 2.17. The molecule has 3 aromatic rings. The van der Waals surface area contributed by atoms with Gasteiger partial charge >= 0.3 is 0 Å². The SMILES string of the molecule is C[C@H](Sc1ncnc2sccc12)C(=O)Nc1ccc(N(C)C)cc1. The van der Waals surface area contributed by atoms with Crippen LogP contribution in [0.15, 0.2) is 47.1 Å². The van der Waals surface area contributed by atoms with E-state index in [1.165, 1.54) is 11.8 Å². The first-order valence-corrected chi connectivity index (χ1v) is 9.23. The average molecular weight is 358 g/mol. The first kappa shape index (κ1) is 16.7. The van der Waals surface area contributed by atoms with Crippen LogP contribution in [0.5, 0.6) is 0 Å². The van der Waals surface area contributed by atoms with Crippen molar-refractivity contribution < 1.29 is 4.79 Å². The Kier molecular flexibility index (Phi) is 5.01. The fraction of sp³-hybridized carbons (Fsp3) is 0.235. The van der Waals surface area contributed by atoms with E-state index >= 15 is 0 Å². The van der Waals surface area contributed by atoms with Gasteiger partial charge in [0.1, 0.15) is 16.2 Å². The minimum atomic E-state index is -0.253. The molecule has 1 amide bonds. The minimum absolute atomic E-state index is 0.0420. The highest BCUT2D eigenvalue weighted by atomic mass is 32.2. The molecule has 0 bridgehead atoms. The van der Waals surface area contributed by atoms with Crippen molar-refractivity contribution in [1.29, 1.82) is 0 Å². The van der Waals surface area contributed by atoms with Crippen molar-refractivity contribution in [3.8, 4) is 0 Å². The van der Waals surface area contributed by atoms with Gasteiger partial charge in [0, 0.05) is 30.9 Å². The Labute approximate surface area is 149 Å². The van der Waals surface area contributed by atoms with E-state index in [1.54, 1.807) is 17.7 Å². The quantitative estimate of drug-likeness (QED) is 0.554. The van der Waals surface area contributed by atoms with Gasteiger partial charge in [0.15, 0.2) is 0 Å². The lowest BCUT2D eigenvalue weighted by Crippen LogP contribution is -2.22. The Hall–Kier alpha value is -2.12. The molecule has 0 radical (unpaired) electrons. The van der Waals surface area contributed by atoms with E-state index in [0.29, 0.717) is 0 Å². The Morgan fingerprint density at radius 1 is 1.21 bits per heavy atom. The van der Waals surface area contributed by atoms with Crippen LogP contribution < -0.4 is 10.2 Å². The molecule has 5 nitrogen and oxygen atoms in total. The van der Waals surface area contributed by atoms with Gasteiger partial charge in [-0.05, 0) is 42.6 Å². The molecule has 0 spiro atoms. The number of benzene rings is 1. The van der Waals surface area contributed by atoms with Gasteiger partial charge in [-0.25, -0.2) is 9.97 Å². The molecule has 124 valence electrons. The molecule has 0 unspecified atom stereocenters. The van der Waals surface area contributed by atoms with Gasteiger partial charge in [-0.2, -0.15) is 0 Å². The Bertz CT molecular complexity index is 845. The van der Waals surface area contributed by atoms with E-state index in [2.05, 4.69) is 15.3 Å². The van der Waals surface area contributed by atoms with E-state index in [4.69, 9.17) is 0 Å². The van der Waals surface area contributed by atoms with E-state index in [0.717, 1.165) is 26.6 Å².